The Balaban J connectivity index is 2.10. The van der Waals surface area contributed by atoms with Crippen molar-refractivity contribution in [2.75, 3.05) is 33.9 Å². The fourth-order valence-electron chi connectivity index (χ4n) is 2.59. The summed E-state index contributed by atoms with van der Waals surface area (Å²) in [6, 6.07) is 1.71. The van der Waals surface area contributed by atoms with E-state index in [1.54, 1.807) is 25.1 Å². The lowest BCUT2D eigenvalue weighted by atomic mass is 9.96. The van der Waals surface area contributed by atoms with E-state index in [2.05, 4.69) is 15.5 Å². The first-order valence-electron chi connectivity index (χ1n) is 6.58. The van der Waals surface area contributed by atoms with Gasteiger partial charge in [0.15, 0.2) is 0 Å². The van der Waals surface area contributed by atoms with Crippen LogP contribution >= 0.6 is 0 Å². The van der Waals surface area contributed by atoms with Gasteiger partial charge in [0, 0.05) is 38.9 Å². The zero-order chi connectivity index (χ0) is 14.7. The lowest BCUT2D eigenvalue weighted by Gasteiger charge is -2.14. The lowest BCUT2D eigenvalue weighted by molar-refractivity contribution is -0.125. The van der Waals surface area contributed by atoms with Gasteiger partial charge in [-0.1, -0.05) is 0 Å². The van der Waals surface area contributed by atoms with E-state index in [1.165, 1.54) is 0 Å². The molecule has 0 spiro atoms. The number of aryl methyl sites for hydroxylation is 1. The highest BCUT2D eigenvalue weighted by Gasteiger charge is 2.39. The van der Waals surface area contributed by atoms with Gasteiger partial charge in [-0.25, -0.2) is 0 Å². The Morgan fingerprint density at radius 3 is 2.85 bits per heavy atom. The van der Waals surface area contributed by atoms with Crippen molar-refractivity contribution in [2.24, 2.45) is 11.8 Å². The quantitative estimate of drug-likeness (QED) is 0.799. The first-order valence-corrected chi connectivity index (χ1v) is 6.58. The van der Waals surface area contributed by atoms with Gasteiger partial charge in [-0.15, -0.1) is 0 Å². The summed E-state index contributed by atoms with van der Waals surface area (Å²) in [6.45, 7) is 3.21. The Labute approximate surface area is 117 Å². The molecule has 2 atom stereocenters. The number of nitrogens with zero attached hydrogens (tertiary/aromatic N) is 2. The van der Waals surface area contributed by atoms with E-state index in [1.807, 2.05) is 6.92 Å². The topological polar surface area (TPSA) is 87.3 Å². The second-order valence-electron chi connectivity index (χ2n) is 5.08. The number of rotatable bonds is 4. The van der Waals surface area contributed by atoms with Crippen LogP contribution in [0.2, 0.25) is 0 Å². The van der Waals surface area contributed by atoms with E-state index >= 15 is 0 Å². The number of hydrogen-bond acceptors (Lipinski definition) is 4. The predicted octanol–water partition coefficient (Wildman–Crippen LogP) is -0.201. The Morgan fingerprint density at radius 1 is 1.55 bits per heavy atom. The third kappa shape index (κ3) is 2.82. The maximum Gasteiger partial charge on any atom is 0.274 e. The molecular weight excluding hydrogens is 260 g/mol. The van der Waals surface area contributed by atoms with Crippen LogP contribution in [0.4, 0.5) is 0 Å². The largest absolute Gasteiger partial charge is 0.384 e. The van der Waals surface area contributed by atoms with Crippen molar-refractivity contribution < 1.29 is 14.3 Å². The molecule has 1 aliphatic rings. The van der Waals surface area contributed by atoms with E-state index in [0.29, 0.717) is 25.4 Å². The first kappa shape index (κ1) is 14.5. The minimum absolute atomic E-state index is 0.0175. The molecule has 1 fully saturated rings. The maximum atomic E-state index is 12.3. The predicted molar refractivity (Wildman–Crippen MR) is 72.2 cm³/mol. The van der Waals surface area contributed by atoms with Crippen LogP contribution in [0, 0.1) is 18.8 Å². The summed E-state index contributed by atoms with van der Waals surface area (Å²) in [5, 5.41) is 9.37. The van der Waals surface area contributed by atoms with Gasteiger partial charge in [0.2, 0.25) is 5.91 Å². The van der Waals surface area contributed by atoms with Gasteiger partial charge in [0.05, 0.1) is 12.5 Å². The summed E-state index contributed by atoms with van der Waals surface area (Å²) in [5.74, 6) is -0.421. The highest BCUT2D eigenvalue weighted by molar-refractivity contribution is 5.93. The van der Waals surface area contributed by atoms with Crippen LogP contribution in [-0.2, 0) is 9.53 Å². The second kappa shape index (κ2) is 6.04. The van der Waals surface area contributed by atoms with Crippen molar-refractivity contribution in [3.63, 3.8) is 0 Å². The smallest absolute Gasteiger partial charge is 0.274 e. The molecule has 0 bridgehead atoms. The summed E-state index contributed by atoms with van der Waals surface area (Å²) in [5.41, 5.74) is 1.22. The maximum absolute atomic E-state index is 12.3. The molecule has 7 heteroatoms. The standard InChI is InChI=1S/C13H20N4O3/c1-8-4-11(16-15-8)13(19)17-5-9(7-20-3)10(6-17)12(18)14-2/h4,9-10H,5-7H2,1-3H3,(H,14,18)(H,15,16)/t9-,10+/m0/s1. The Bertz CT molecular complexity index is 500. The molecule has 110 valence electrons. The zero-order valence-corrected chi connectivity index (χ0v) is 12.0. The molecule has 2 amide bonds. The van der Waals surface area contributed by atoms with Crippen LogP contribution in [0.15, 0.2) is 6.07 Å². The molecule has 0 saturated carbocycles. The van der Waals surface area contributed by atoms with Crippen LogP contribution in [0.3, 0.4) is 0 Å². The average molecular weight is 280 g/mol. The van der Waals surface area contributed by atoms with Crippen LogP contribution in [0.5, 0.6) is 0 Å². The zero-order valence-electron chi connectivity index (χ0n) is 12.0. The van der Waals surface area contributed by atoms with E-state index in [0.717, 1.165) is 5.69 Å². The van der Waals surface area contributed by atoms with E-state index in [4.69, 9.17) is 4.74 Å². The number of carbonyl (C=O) groups is 2. The second-order valence-corrected chi connectivity index (χ2v) is 5.08. The molecule has 1 aromatic rings. The van der Waals surface area contributed by atoms with Gasteiger partial charge in [0.1, 0.15) is 5.69 Å². The molecular formula is C13H20N4O3. The van der Waals surface area contributed by atoms with E-state index < -0.39 is 0 Å². The summed E-state index contributed by atoms with van der Waals surface area (Å²) < 4.78 is 5.15. The highest BCUT2D eigenvalue weighted by atomic mass is 16.5. The minimum atomic E-state index is -0.232. The molecule has 0 aromatic carbocycles. The number of H-pyrrole nitrogens is 1. The van der Waals surface area contributed by atoms with Crippen LogP contribution in [-0.4, -0.2) is 60.8 Å². The van der Waals surface area contributed by atoms with Gasteiger partial charge in [0.25, 0.3) is 5.91 Å². The normalized spacial score (nSPS) is 22.1. The number of aromatic nitrogens is 2. The van der Waals surface area contributed by atoms with Crippen LogP contribution in [0.25, 0.3) is 0 Å². The van der Waals surface area contributed by atoms with Crippen molar-refractivity contribution in [2.45, 2.75) is 6.92 Å². The molecule has 2 heterocycles. The monoisotopic (exact) mass is 280 g/mol. The van der Waals surface area contributed by atoms with Crippen molar-refractivity contribution in [3.8, 4) is 0 Å². The van der Waals surface area contributed by atoms with E-state index in [-0.39, 0.29) is 23.7 Å². The summed E-state index contributed by atoms with van der Waals surface area (Å²) in [7, 11) is 3.20. The van der Waals surface area contributed by atoms with Gasteiger partial charge >= 0.3 is 0 Å². The van der Waals surface area contributed by atoms with Crippen LogP contribution in [0.1, 0.15) is 16.2 Å². The van der Waals surface area contributed by atoms with Crippen molar-refractivity contribution in [3.05, 3.63) is 17.5 Å². The summed E-state index contributed by atoms with van der Waals surface area (Å²) >= 11 is 0. The molecule has 0 unspecified atom stereocenters. The van der Waals surface area contributed by atoms with Crippen molar-refractivity contribution >= 4 is 11.8 Å². The Hall–Kier alpha value is -1.89. The number of likely N-dealkylation sites (tertiary alicyclic amines) is 1. The fourth-order valence-corrected chi connectivity index (χ4v) is 2.59. The highest BCUT2D eigenvalue weighted by Crippen LogP contribution is 2.25. The van der Waals surface area contributed by atoms with Gasteiger partial charge in [-0.3, -0.25) is 14.7 Å². The van der Waals surface area contributed by atoms with Crippen LogP contribution < -0.4 is 5.32 Å². The number of carbonyl (C=O) groups excluding carboxylic acids is 2. The molecule has 20 heavy (non-hydrogen) atoms. The number of aromatic amines is 1. The summed E-state index contributed by atoms with van der Waals surface area (Å²) in [6.07, 6.45) is 0. The Morgan fingerprint density at radius 2 is 2.30 bits per heavy atom. The van der Waals surface area contributed by atoms with Gasteiger partial charge in [-0.05, 0) is 13.0 Å². The lowest BCUT2D eigenvalue weighted by Crippen LogP contribution is -2.34. The van der Waals surface area contributed by atoms with Crippen molar-refractivity contribution in [1.82, 2.24) is 20.4 Å². The average Bonchev–Trinajstić information content (AvgIpc) is 3.04. The molecule has 0 radical (unpaired) electrons. The molecule has 1 aromatic heterocycles. The molecule has 7 nitrogen and oxygen atoms in total. The van der Waals surface area contributed by atoms with E-state index in [9.17, 15) is 9.59 Å². The number of nitrogens with one attached hydrogen (secondary N) is 2. The fraction of sp³-hybridized carbons (Fsp3) is 0.615. The number of methoxy groups -OCH3 is 1. The number of amides is 2. The van der Waals surface area contributed by atoms with Gasteiger partial charge in [-0.2, -0.15) is 5.10 Å². The minimum Gasteiger partial charge on any atom is -0.384 e. The molecule has 1 saturated heterocycles. The first-order chi connectivity index (χ1) is 9.56. The third-order valence-electron chi connectivity index (χ3n) is 3.62. The third-order valence-corrected chi connectivity index (χ3v) is 3.62. The molecule has 2 N–H and O–H groups in total. The molecule has 1 aliphatic heterocycles. The number of ether oxygens (including phenoxy) is 1. The van der Waals surface area contributed by atoms with Gasteiger partial charge < -0.3 is 15.0 Å². The Kier molecular flexibility index (Phi) is 4.39. The van der Waals surface area contributed by atoms with Crippen molar-refractivity contribution in [1.29, 1.82) is 0 Å². The SMILES string of the molecule is CNC(=O)[C@@H]1CN(C(=O)c2cc(C)[nH]n2)C[C@H]1COC. The number of hydrogen-bond donors (Lipinski definition) is 2. The molecule has 2 rings (SSSR count). The molecule has 0 aliphatic carbocycles. The summed E-state index contributed by atoms with van der Waals surface area (Å²) in [4.78, 5) is 25.9.